The monoisotopic (exact) mass is 464 g/mol. The molecule has 0 aliphatic heterocycles. The van der Waals surface area contributed by atoms with E-state index >= 15 is 0 Å². The van der Waals surface area contributed by atoms with E-state index in [1.807, 2.05) is 23.5 Å². The summed E-state index contributed by atoms with van der Waals surface area (Å²) in [6.45, 7) is 0. The topological polar surface area (TPSA) is 30.4 Å². The first-order valence-electron chi connectivity index (χ1n) is 11.7. The van der Waals surface area contributed by atoms with E-state index < -0.39 is 0 Å². The third-order valence-electron chi connectivity index (χ3n) is 7.37. The smallest absolute Gasteiger partial charge is 0.150 e. The van der Waals surface area contributed by atoms with Gasteiger partial charge in [0.05, 0.1) is 26.6 Å². The molecule has 4 heterocycles. The lowest BCUT2D eigenvalue weighted by atomic mass is 10.0. The highest BCUT2D eigenvalue weighted by atomic mass is 32.1. The zero-order valence-corrected chi connectivity index (χ0v) is 19.3. The summed E-state index contributed by atoms with van der Waals surface area (Å²) in [5.74, 6) is 0. The quantitative estimate of drug-likeness (QED) is 0.210. The van der Waals surface area contributed by atoms with Gasteiger partial charge in [0, 0.05) is 31.6 Å². The number of hydrogen-bond donors (Lipinski definition) is 0. The molecule has 0 saturated carbocycles. The fraction of sp³-hybridized carbons (Fsp3) is 0. The minimum atomic E-state index is 0.905. The van der Waals surface area contributed by atoms with Gasteiger partial charge >= 0.3 is 0 Å². The van der Waals surface area contributed by atoms with E-state index in [1.54, 1.807) is 0 Å². The fourth-order valence-corrected chi connectivity index (χ4v) is 7.11. The first kappa shape index (κ1) is 18.0. The number of nitrogens with zero attached hydrogens (tertiary/aromatic N) is 2. The molecule has 4 aromatic heterocycles. The third-order valence-corrected chi connectivity index (χ3v) is 8.56. The maximum Gasteiger partial charge on any atom is 0.150 e. The van der Waals surface area contributed by atoms with Crippen LogP contribution in [0, 0.1) is 0 Å². The summed E-state index contributed by atoms with van der Waals surface area (Å²) in [4.78, 5) is 5.18. The summed E-state index contributed by atoms with van der Waals surface area (Å²) in [6, 6.07) is 34.4. The third kappa shape index (κ3) is 2.14. The van der Waals surface area contributed by atoms with Gasteiger partial charge in [-0.3, -0.25) is 4.40 Å². The molecule has 4 heteroatoms. The Balaban J connectivity index is 1.65. The highest BCUT2D eigenvalue weighted by molar-refractivity contribution is 7.26. The summed E-state index contributed by atoms with van der Waals surface area (Å²) in [7, 11) is 0. The van der Waals surface area contributed by atoms with Crippen LogP contribution in [0.4, 0.5) is 0 Å². The molecule has 0 fully saturated rings. The lowest BCUT2D eigenvalue weighted by Gasteiger charge is -2.10. The van der Waals surface area contributed by atoms with Crippen molar-refractivity contribution in [3.63, 3.8) is 0 Å². The van der Waals surface area contributed by atoms with Crippen molar-refractivity contribution >= 4 is 91.8 Å². The largest absolute Gasteiger partial charge is 0.455 e. The maximum absolute atomic E-state index is 6.50. The SMILES string of the molecule is c1ccc2c(c1)nc1c3c(ccc4c5ccccc5oc43)c3ccc4c5ccccc5sc4c3n21. The average Bonchev–Trinajstić information content (AvgIpc) is 3.59. The molecule has 0 atom stereocenters. The van der Waals surface area contributed by atoms with Gasteiger partial charge in [0.15, 0.2) is 0 Å². The van der Waals surface area contributed by atoms with Crippen LogP contribution in [-0.2, 0) is 0 Å². The number of para-hydroxylation sites is 3. The van der Waals surface area contributed by atoms with Crippen LogP contribution in [-0.4, -0.2) is 9.38 Å². The first-order chi connectivity index (χ1) is 17.4. The van der Waals surface area contributed by atoms with Gasteiger partial charge in [-0.15, -0.1) is 11.3 Å². The Labute approximate surface area is 202 Å². The second-order valence-electron chi connectivity index (χ2n) is 9.16. The Morgan fingerprint density at radius 2 is 1.37 bits per heavy atom. The van der Waals surface area contributed by atoms with Crippen molar-refractivity contribution in [2.45, 2.75) is 0 Å². The lowest BCUT2D eigenvalue weighted by molar-refractivity contribution is 0.673. The van der Waals surface area contributed by atoms with Crippen LogP contribution < -0.4 is 0 Å². The second kappa shape index (κ2) is 6.17. The van der Waals surface area contributed by atoms with Crippen LogP contribution in [0.5, 0.6) is 0 Å². The van der Waals surface area contributed by atoms with Crippen molar-refractivity contribution in [1.82, 2.24) is 9.38 Å². The molecule has 35 heavy (non-hydrogen) atoms. The van der Waals surface area contributed by atoms with Crippen molar-refractivity contribution < 1.29 is 4.42 Å². The van der Waals surface area contributed by atoms with Gasteiger partial charge in [-0.2, -0.15) is 0 Å². The van der Waals surface area contributed by atoms with Crippen LogP contribution in [0.15, 0.2) is 101 Å². The van der Waals surface area contributed by atoms with E-state index in [0.29, 0.717) is 0 Å². The predicted molar refractivity (Wildman–Crippen MR) is 148 cm³/mol. The molecule has 3 nitrogen and oxygen atoms in total. The Kier molecular flexibility index (Phi) is 3.17. The van der Waals surface area contributed by atoms with E-state index in [1.165, 1.54) is 36.5 Å². The first-order valence-corrected chi connectivity index (χ1v) is 12.6. The summed E-state index contributed by atoms with van der Waals surface area (Å²) in [5, 5.41) is 8.33. The molecule has 0 aliphatic rings. The number of furan rings is 1. The van der Waals surface area contributed by atoms with Crippen LogP contribution >= 0.6 is 11.3 Å². The number of fused-ring (bicyclic) bond motifs is 16. The summed E-state index contributed by atoms with van der Waals surface area (Å²) in [6.07, 6.45) is 0. The molecule has 0 amide bonds. The molecule has 0 unspecified atom stereocenters. The number of aromatic nitrogens is 2. The fourth-order valence-electron chi connectivity index (χ4n) is 5.87. The molecule has 162 valence electrons. The zero-order valence-electron chi connectivity index (χ0n) is 18.4. The summed E-state index contributed by atoms with van der Waals surface area (Å²) >= 11 is 1.86. The molecule has 5 aromatic carbocycles. The number of imidazole rings is 1. The minimum Gasteiger partial charge on any atom is -0.455 e. The van der Waals surface area contributed by atoms with Gasteiger partial charge in [0.2, 0.25) is 0 Å². The molecular formula is C31H16N2OS. The van der Waals surface area contributed by atoms with Gasteiger partial charge in [-0.1, -0.05) is 66.7 Å². The predicted octanol–water partition coefficient (Wildman–Crippen LogP) is 9.06. The Morgan fingerprint density at radius 3 is 2.34 bits per heavy atom. The number of rotatable bonds is 0. The molecule has 9 aromatic rings. The normalized spacial score (nSPS) is 12.6. The van der Waals surface area contributed by atoms with Gasteiger partial charge < -0.3 is 4.42 Å². The molecule has 0 N–H and O–H groups in total. The van der Waals surface area contributed by atoms with Crippen molar-refractivity contribution in [2.24, 2.45) is 0 Å². The molecule has 0 aliphatic carbocycles. The van der Waals surface area contributed by atoms with Crippen LogP contribution in [0.2, 0.25) is 0 Å². The van der Waals surface area contributed by atoms with Crippen LogP contribution in [0.3, 0.4) is 0 Å². The van der Waals surface area contributed by atoms with Crippen molar-refractivity contribution in [2.75, 3.05) is 0 Å². The number of thiophene rings is 1. The molecule has 9 rings (SSSR count). The Morgan fingerprint density at radius 1 is 0.629 bits per heavy atom. The Hall–Kier alpha value is -4.41. The highest BCUT2D eigenvalue weighted by Crippen LogP contribution is 2.44. The molecule has 0 spiro atoms. The van der Waals surface area contributed by atoms with E-state index in [9.17, 15) is 0 Å². The van der Waals surface area contributed by atoms with Gasteiger partial charge in [-0.05, 0) is 35.7 Å². The van der Waals surface area contributed by atoms with Crippen LogP contribution in [0.1, 0.15) is 0 Å². The molecule has 0 radical (unpaired) electrons. The average molecular weight is 465 g/mol. The van der Waals surface area contributed by atoms with Crippen molar-refractivity contribution in [3.8, 4) is 0 Å². The molecule has 0 saturated heterocycles. The summed E-state index contributed by atoms with van der Waals surface area (Å²) < 4.78 is 11.5. The maximum atomic E-state index is 6.50. The zero-order chi connectivity index (χ0) is 22.7. The van der Waals surface area contributed by atoms with Crippen LogP contribution in [0.25, 0.3) is 80.5 Å². The van der Waals surface area contributed by atoms with Crippen molar-refractivity contribution in [1.29, 1.82) is 0 Å². The van der Waals surface area contributed by atoms with E-state index in [4.69, 9.17) is 9.40 Å². The molecule has 0 bridgehead atoms. The number of hydrogen-bond acceptors (Lipinski definition) is 3. The van der Waals surface area contributed by atoms with Gasteiger partial charge in [0.1, 0.15) is 16.8 Å². The Bertz CT molecular complexity index is 2330. The molecular weight excluding hydrogens is 448 g/mol. The standard InChI is InChI=1S/C31H16N2OS/c1-5-11-25-17(7-1)21-15-13-19-20-14-16-22-18-8-2-6-12-26(18)35-30(22)28(20)33-24-10-4-3-9-23(24)32-31(33)27(19)29(21)34-25/h1-16H. The van der Waals surface area contributed by atoms with E-state index in [-0.39, 0.29) is 0 Å². The second-order valence-corrected chi connectivity index (χ2v) is 10.2. The minimum absolute atomic E-state index is 0.905. The number of benzene rings is 5. The van der Waals surface area contributed by atoms with Gasteiger partial charge in [0.25, 0.3) is 0 Å². The van der Waals surface area contributed by atoms with E-state index in [2.05, 4.69) is 89.3 Å². The van der Waals surface area contributed by atoms with Gasteiger partial charge in [-0.25, -0.2) is 4.98 Å². The van der Waals surface area contributed by atoms with E-state index in [0.717, 1.165) is 44.0 Å². The summed E-state index contributed by atoms with van der Waals surface area (Å²) in [5.41, 5.74) is 6.09. The number of pyridine rings is 1. The highest BCUT2D eigenvalue weighted by Gasteiger charge is 2.21. The van der Waals surface area contributed by atoms with Crippen molar-refractivity contribution in [3.05, 3.63) is 97.1 Å². The lowest BCUT2D eigenvalue weighted by Crippen LogP contribution is -1.92.